The number of carbonyl (C=O) groups excluding carboxylic acids is 1. The molecule has 0 aromatic heterocycles. The Morgan fingerprint density at radius 1 is 1.00 bits per heavy atom. The van der Waals surface area contributed by atoms with E-state index in [0.29, 0.717) is 42.9 Å². The summed E-state index contributed by atoms with van der Waals surface area (Å²) < 4.78 is 19.0. The lowest BCUT2D eigenvalue weighted by molar-refractivity contribution is -0.143. The Kier molecular flexibility index (Phi) is 5.51. The lowest BCUT2D eigenvalue weighted by atomic mass is 9.81. The molecule has 2 aromatic carbocycles. The van der Waals surface area contributed by atoms with Crippen LogP contribution in [0.5, 0.6) is 11.5 Å². The van der Waals surface area contributed by atoms with E-state index >= 15 is 0 Å². The third-order valence-electron chi connectivity index (χ3n) is 4.62. The summed E-state index contributed by atoms with van der Waals surface area (Å²) in [6, 6.07) is 12.7. The Bertz CT molecular complexity index is 800. The van der Waals surface area contributed by atoms with Crippen molar-refractivity contribution in [3.63, 3.8) is 0 Å². The minimum absolute atomic E-state index is 0.149. The largest absolute Gasteiger partial charge is 0.481 e. The minimum Gasteiger partial charge on any atom is -0.481 e. The Morgan fingerprint density at radius 3 is 2.38 bits per heavy atom. The molecule has 1 aliphatic rings. The molecule has 0 unspecified atom stereocenters. The van der Waals surface area contributed by atoms with Crippen LogP contribution < -0.4 is 10.1 Å². The summed E-state index contributed by atoms with van der Waals surface area (Å²) in [5.41, 5.74) is 0.502. The summed E-state index contributed by atoms with van der Waals surface area (Å²) in [6.07, 6.45) is 2.12. The van der Waals surface area contributed by atoms with Crippen LogP contribution in [-0.2, 0) is 9.59 Å². The van der Waals surface area contributed by atoms with E-state index in [0.717, 1.165) is 0 Å². The molecule has 2 aromatic rings. The summed E-state index contributed by atoms with van der Waals surface area (Å²) in [7, 11) is 0. The third kappa shape index (κ3) is 4.39. The molecule has 0 bridgehead atoms. The summed E-state index contributed by atoms with van der Waals surface area (Å²) in [5.74, 6) is -1.16. The van der Waals surface area contributed by atoms with Crippen LogP contribution >= 0.6 is 0 Å². The number of rotatable bonds is 5. The maximum atomic E-state index is 13.3. The molecular weight excluding hydrogens is 337 g/mol. The van der Waals surface area contributed by atoms with Crippen LogP contribution in [0.4, 0.5) is 10.1 Å². The van der Waals surface area contributed by atoms with Gasteiger partial charge in [-0.05, 0) is 49.9 Å². The number of aliphatic carboxylic acids is 1. The molecule has 1 amide bonds. The van der Waals surface area contributed by atoms with Gasteiger partial charge in [-0.2, -0.15) is 0 Å². The molecule has 0 heterocycles. The van der Waals surface area contributed by atoms with Gasteiger partial charge in [0.05, 0.1) is 11.6 Å². The normalized spacial score (nSPS) is 19.6. The van der Waals surface area contributed by atoms with E-state index in [-0.39, 0.29) is 17.7 Å². The van der Waals surface area contributed by atoms with Crippen LogP contribution in [0.15, 0.2) is 48.5 Å². The van der Waals surface area contributed by atoms with Crippen molar-refractivity contribution in [1.82, 2.24) is 0 Å². The van der Waals surface area contributed by atoms with Crippen LogP contribution in [0.25, 0.3) is 0 Å². The number of carboxylic acids is 1. The number of benzene rings is 2. The first-order valence-corrected chi connectivity index (χ1v) is 8.59. The average molecular weight is 357 g/mol. The van der Waals surface area contributed by atoms with Crippen LogP contribution in [0.1, 0.15) is 25.7 Å². The monoisotopic (exact) mass is 357 g/mol. The molecule has 26 heavy (non-hydrogen) atoms. The Hall–Kier alpha value is -2.89. The smallest absolute Gasteiger partial charge is 0.306 e. The number of para-hydroxylation sites is 2. The predicted octanol–water partition coefficient (Wildman–Crippen LogP) is 4.45. The van der Waals surface area contributed by atoms with Crippen molar-refractivity contribution in [3.05, 3.63) is 54.3 Å². The summed E-state index contributed by atoms with van der Waals surface area (Å²) >= 11 is 0. The van der Waals surface area contributed by atoms with Crippen LogP contribution in [0, 0.1) is 17.7 Å². The number of halogens is 1. The number of ether oxygens (including phenoxy) is 1. The maximum absolute atomic E-state index is 13.3. The van der Waals surface area contributed by atoms with Gasteiger partial charge in [-0.25, -0.2) is 4.39 Å². The fourth-order valence-corrected chi connectivity index (χ4v) is 3.15. The van der Waals surface area contributed by atoms with Crippen LogP contribution in [0.3, 0.4) is 0 Å². The second-order valence-electron chi connectivity index (χ2n) is 6.43. The van der Waals surface area contributed by atoms with Crippen LogP contribution in [-0.4, -0.2) is 17.0 Å². The summed E-state index contributed by atoms with van der Waals surface area (Å²) in [4.78, 5) is 23.5. The lowest BCUT2D eigenvalue weighted by Crippen LogP contribution is -2.29. The van der Waals surface area contributed by atoms with Crippen LogP contribution in [0.2, 0.25) is 0 Å². The van der Waals surface area contributed by atoms with E-state index in [9.17, 15) is 14.0 Å². The average Bonchev–Trinajstić information content (AvgIpc) is 2.63. The van der Waals surface area contributed by atoms with Gasteiger partial charge in [0.2, 0.25) is 5.91 Å². The highest BCUT2D eigenvalue weighted by molar-refractivity contribution is 5.94. The molecule has 136 valence electrons. The fourth-order valence-electron chi connectivity index (χ4n) is 3.15. The second kappa shape index (κ2) is 7.99. The van der Waals surface area contributed by atoms with Gasteiger partial charge in [-0.3, -0.25) is 9.59 Å². The first-order valence-electron chi connectivity index (χ1n) is 8.59. The van der Waals surface area contributed by atoms with Crippen molar-refractivity contribution < 1.29 is 23.8 Å². The van der Waals surface area contributed by atoms with E-state index in [2.05, 4.69) is 5.32 Å². The molecule has 6 heteroatoms. The van der Waals surface area contributed by atoms with E-state index in [1.54, 1.807) is 36.4 Å². The van der Waals surface area contributed by atoms with E-state index in [4.69, 9.17) is 9.84 Å². The molecule has 0 saturated heterocycles. The Morgan fingerprint density at radius 2 is 1.69 bits per heavy atom. The van der Waals surface area contributed by atoms with Gasteiger partial charge in [0.1, 0.15) is 11.6 Å². The van der Waals surface area contributed by atoms with Crippen molar-refractivity contribution >= 4 is 17.6 Å². The summed E-state index contributed by atoms with van der Waals surface area (Å²) in [5, 5.41) is 11.9. The molecule has 2 N–H and O–H groups in total. The van der Waals surface area contributed by atoms with Gasteiger partial charge < -0.3 is 15.2 Å². The number of nitrogens with one attached hydrogen (secondary N) is 1. The highest BCUT2D eigenvalue weighted by Crippen LogP contribution is 2.33. The molecule has 3 rings (SSSR count). The molecular formula is C20H20FNO4. The zero-order valence-corrected chi connectivity index (χ0v) is 14.2. The summed E-state index contributed by atoms with van der Waals surface area (Å²) in [6.45, 7) is 0. The van der Waals surface area contributed by atoms with Gasteiger partial charge >= 0.3 is 5.97 Å². The molecule has 0 spiro atoms. The molecule has 0 atom stereocenters. The number of carbonyl (C=O) groups is 2. The number of carboxylic acid groups (broad SMARTS) is 1. The minimum atomic E-state index is -0.794. The highest BCUT2D eigenvalue weighted by atomic mass is 19.1. The molecule has 1 saturated carbocycles. The van der Waals surface area contributed by atoms with E-state index in [1.807, 2.05) is 0 Å². The standard InChI is InChI=1S/C20H20FNO4/c21-15-4-3-5-16(12-15)26-18-7-2-1-6-17(18)22-19(23)13-8-10-14(11-9-13)20(24)25/h1-7,12-14H,8-11H2,(H,22,23)(H,24,25). The molecule has 0 aliphatic heterocycles. The van der Waals surface area contributed by atoms with Gasteiger partial charge in [0.15, 0.2) is 5.75 Å². The van der Waals surface area contributed by atoms with Crippen molar-refractivity contribution in [1.29, 1.82) is 0 Å². The number of hydrogen-bond donors (Lipinski definition) is 2. The van der Waals surface area contributed by atoms with Gasteiger partial charge in [-0.1, -0.05) is 18.2 Å². The zero-order valence-electron chi connectivity index (χ0n) is 14.2. The first kappa shape index (κ1) is 17.9. The van der Waals surface area contributed by atoms with Crippen molar-refractivity contribution in [2.24, 2.45) is 11.8 Å². The maximum Gasteiger partial charge on any atom is 0.306 e. The third-order valence-corrected chi connectivity index (χ3v) is 4.62. The highest BCUT2D eigenvalue weighted by Gasteiger charge is 2.30. The Balaban J connectivity index is 1.66. The second-order valence-corrected chi connectivity index (χ2v) is 6.43. The van der Waals surface area contributed by atoms with Gasteiger partial charge in [-0.15, -0.1) is 0 Å². The topological polar surface area (TPSA) is 75.6 Å². The van der Waals surface area contributed by atoms with E-state index in [1.165, 1.54) is 12.1 Å². The first-order chi connectivity index (χ1) is 12.5. The molecule has 1 aliphatic carbocycles. The molecule has 5 nitrogen and oxygen atoms in total. The number of amides is 1. The molecule has 1 fully saturated rings. The molecule has 0 radical (unpaired) electrons. The SMILES string of the molecule is O=C(O)C1CCC(C(=O)Nc2ccccc2Oc2cccc(F)c2)CC1. The van der Waals surface area contributed by atoms with Crippen molar-refractivity contribution in [2.75, 3.05) is 5.32 Å². The lowest BCUT2D eigenvalue weighted by Gasteiger charge is -2.25. The quantitative estimate of drug-likeness (QED) is 0.829. The number of anilines is 1. The predicted molar refractivity (Wildman–Crippen MR) is 94.6 cm³/mol. The Labute approximate surface area is 150 Å². The van der Waals surface area contributed by atoms with Gasteiger partial charge in [0.25, 0.3) is 0 Å². The van der Waals surface area contributed by atoms with Gasteiger partial charge in [0, 0.05) is 12.0 Å². The number of hydrogen-bond acceptors (Lipinski definition) is 3. The fraction of sp³-hybridized carbons (Fsp3) is 0.300. The van der Waals surface area contributed by atoms with Crippen molar-refractivity contribution in [3.8, 4) is 11.5 Å². The van der Waals surface area contributed by atoms with E-state index < -0.39 is 11.8 Å². The zero-order chi connectivity index (χ0) is 18.5. The van der Waals surface area contributed by atoms with Crippen molar-refractivity contribution in [2.45, 2.75) is 25.7 Å².